The van der Waals surface area contributed by atoms with Crippen molar-refractivity contribution in [3.8, 4) is 17.3 Å². The zero-order chi connectivity index (χ0) is 16.4. The summed E-state index contributed by atoms with van der Waals surface area (Å²) in [7, 11) is 0. The molecule has 0 saturated heterocycles. The molecule has 6 heteroatoms. The molecule has 0 bridgehead atoms. The predicted molar refractivity (Wildman–Crippen MR) is 97.2 cm³/mol. The van der Waals surface area contributed by atoms with Gasteiger partial charge < -0.3 is 9.52 Å². The van der Waals surface area contributed by atoms with Gasteiger partial charge in [0.2, 0.25) is 0 Å². The molecular formula is C17H10BrCl2NO2. The molecule has 0 unspecified atom stereocenters. The summed E-state index contributed by atoms with van der Waals surface area (Å²) in [6.07, 6.45) is 1.50. The Morgan fingerprint density at radius 3 is 2.30 bits per heavy atom. The first-order chi connectivity index (χ1) is 11.0. The Morgan fingerprint density at radius 1 is 1.00 bits per heavy atom. The molecule has 3 rings (SSSR count). The van der Waals surface area contributed by atoms with E-state index in [0.29, 0.717) is 27.1 Å². The Hall–Kier alpha value is -1.75. The number of aromatic hydroxyl groups is 1. The lowest BCUT2D eigenvalue weighted by molar-refractivity contribution is 0.337. The maximum Gasteiger partial charge on any atom is 0.291 e. The van der Waals surface area contributed by atoms with E-state index in [1.807, 2.05) is 24.3 Å². The van der Waals surface area contributed by atoms with Crippen molar-refractivity contribution < 1.29 is 9.52 Å². The van der Waals surface area contributed by atoms with E-state index in [-0.39, 0.29) is 5.95 Å². The molecule has 2 aromatic carbocycles. The SMILES string of the molecule is Oc1oc(-c2ccc(Br)cc2)cc1C=Nc1cc(Cl)cc(Cl)c1. The molecule has 1 aromatic heterocycles. The molecule has 1 N–H and O–H groups in total. The third kappa shape index (κ3) is 3.96. The zero-order valence-electron chi connectivity index (χ0n) is 11.6. The van der Waals surface area contributed by atoms with Crippen molar-refractivity contribution in [2.45, 2.75) is 0 Å². The molecule has 3 nitrogen and oxygen atoms in total. The fourth-order valence-corrected chi connectivity index (χ4v) is 2.78. The summed E-state index contributed by atoms with van der Waals surface area (Å²) in [6.45, 7) is 0. The van der Waals surface area contributed by atoms with Crippen LogP contribution >= 0.6 is 39.1 Å². The summed E-state index contributed by atoms with van der Waals surface area (Å²) in [5.74, 6) is 0.361. The summed E-state index contributed by atoms with van der Waals surface area (Å²) >= 11 is 15.2. The van der Waals surface area contributed by atoms with E-state index in [2.05, 4.69) is 20.9 Å². The molecule has 0 fully saturated rings. The van der Waals surface area contributed by atoms with E-state index >= 15 is 0 Å². The largest absolute Gasteiger partial charge is 0.480 e. The lowest BCUT2D eigenvalue weighted by Crippen LogP contribution is -1.77. The summed E-state index contributed by atoms with van der Waals surface area (Å²) in [5.41, 5.74) is 1.92. The average molecular weight is 411 g/mol. The van der Waals surface area contributed by atoms with Gasteiger partial charge in [-0.3, -0.25) is 4.99 Å². The molecule has 116 valence electrons. The Bertz CT molecular complexity index is 853. The van der Waals surface area contributed by atoms with Crippen LogP contribution in [0.2, 0.25) is 10.0 Å². The second-order valence-electron chi connectivity index (χ2n) is 4.76. The summed E-state index contributed by atoms with van der Waals surface area (Å²) < 4.78 is 6.34. The van der Waals surface area contributed by atoms with Crippen molar-refractivity contribution >= 4 is 51.0 Å². The third-order valence-corrected chi connectivity index (χ3v) is 4.03. The first kappa shape index (κ1) is 16.1. The van der Waals surface area contributed by atoms with Crippen molar-refractivity contribution in [3.05, 3.63) is 68.6 Å². The number of benzene rings is 2. The van der Waals surface area contributed by atoms with Crippen LogP contribution in [0.5, 0.6) is 5.95 Å². The van der Waals surface area contributed by atoms with Crippen molar-refractivity contribution in [2.75, 3.05) is 0 Å². The molecule has 0 spiro atoms. The molecule has 0 aliphatic heterocycles. The van der Waals surface area contributed by atoms with E-state index in [1.54, 1.807) is 24.3 Å². The summed E-state index contributed by atoms with van der Waals surface area (Å²) in [5, 5.41) is 10.9. The van der Waals surface area contributed by atoms with Crippen LogP contribution in [0, 0.1) is 0 Å². The van der Waals surface area contributed by atoms with Crippen LogP contribution in [-0.2, 0) is 0 Å². The highest BCUT2D eigenvalue weighted by molar-refractivity contribution is 9.10. The lowest BCUT2D eigenvalue weighted by Gasteiger charge is -1.96. The maximum atomic E-state index is 9.92. The van der Waals surface area contributed by atoms with E-state index in [0.717, 1.165) is 10.0 Å². The van der Waals surface area contributed by atoms with Crippen LogP contribution < -0.4 is 0 Å². The van der Waals surface area contributed by atoms with Crippen molar-refractivity contribution in [2.24, 2.45) is 4.99 Å². The lowest BCUT2D eigenvalue weighted by atomic mass is 10.1. The molecule has 3 aromatic rings. The van der Waals surface area contributed by atoms with Crippen molar-refractivity contribution in [3.63, 3.8) is 0 Å². The smallest absolute Gasteiger partial charge is 0.291 e. The number of rotatable bonds is 3. The van der Waals surface area contributed by atoms with Gasteiger partial charge in [-0.25, -0.2) is 0 Å². The Balaban J connectivity index is 1.89. The number of halogens is 3. The monoisotopic (exact) mass is 409 g/mol. The number of aliphatic imine (C=N–C) groups is 1. The highest BCUT2D eigenvalue weighted by Gasteiger charge is 2.10. The van der Waals surface area contributed by atoms with Gasteiger partial charge in [0.1, 0.15) is 5.76 Å². The molecule has 1 heterocycles. The number of furan rings is 1. The number of nitrogens with zero attached hydrogens (tertiary/aromatic N) is 1. The second kappa shape index (κ2) is 6.79. The first-order valence-corrected chi connectivity index (χ1v) is 8.15. The van der Waals surface area contributed by atoms with Crippen LogP contribution in [-0.4, -0.2) is 11.3 Å². The van der Waals surface area contributed by atoms with Gasteiger partial charge in [0, 0.05) is 26.3 Å². The van der Waals surface area contributed by atoms with E-state index in [4.69, 9.17) is 27.6 Å². The fraction of sp³-hybridized carbons (Fsp3) is 0. The molecule has 0 atom stereocenters. The Labute approximate surface area is 151 Å². The van der Waals surface area contributed by atoms with Gasteiger partial charge in [-0.15, -0.1) is 0 Å². The second-order valence-corrected chi connectivity index (χ2v) is 6.55. The molecule has 0 saturated carbocycles. The van der Waals surface area contributed by atoms with E-state index < -0.39 is 0 Å². The molecular weight excluding hydrogens is 401 g/mol. The van der Waals surface area contributed by atoms with Crippen molar-refractivity contribution in [1.29, 1.82) is 0 Å². The third-order valence-electron chi connectivity index (χ3n) is 3.07. The molecule has 0 aliphatic rings. The standard InChI is InChI=1S/C17H10BrCl2NO2/c18-12-3-1-10(2-4-12)16-5-11(17(22)23-16)9-21-15-7-13(19)6-14(20)8-15/h1-9,22H. The topological polar surface area (TPSA) is 45.7 Å². The quantitative estimate of drug-likeness (QED) is 0.502. The summed E-state index contributed by atoms with van der Waals surface area (Å²) in [4.78, 5) is 4.26. The van der Waals surface area contributed by atoms with Gasteiger partial charge >= 0.3 is 0 Å². The van der Waals surface area contributed by atoms with Crippen molar-refractivity contribution in [1.82, 2.24) is 0 Å². The highest BCUT2D eigenvalue weighted by Crippen LogP contribution is 2.30. The summed E-state index contributed by atoms with van der Waals surface area (Å²) in [6, 6.07) is 14.3. The fourth-order valence-electron chi connectivity index (χ4n) is 2.00. The van der Waals surface area contributed by atoms with Gasteiger partial charge in [-0.1, -0.05) is 51.3 Å². The van der Waals surface area contributed by atoms with Crippen LogP contribution in [0.15, 0.2) is 62.4 Å². The first-order valence-electron chi connectivity index (χ1n) is 6.60. The average Bonchev–Trinajstić information content (AvgIpc) is 2.86. The van der Waals surface area contributed by atoms with Gasteiger partial charge in [0.15, 0.2) is 0 Å². The van der Waals surface area contributed by atoms with Crippen LogP contribution in [0.3, 0.4) is 0 Å². The Kier molecular flexibility index (Phi) is 4.76. The molecule has 23 heavy (non-hydrogen) atoms. The number of hydrogen-bond donors (Lipinski definition) is 1. The van der Waals surface area contributed by atoms with Gasteiger partial charge in [0.25, 0.3) is 5.95 Å². The predicted octanol–water partition coefficient (Wildman–Crippen LogP) is 6.47. The van der Waals surface area contributed by atoms with Crippen LogP contribution in [0.1, 0.15) is 5.56 Å². The minimum Gasteiger partial charge on any atom is -0.480 e. The highest BCUT2D eigenvalue weighted by atomic mass is 79.9. The van der Waals surface area contributed by atoms with Gasteiger partial charge in [-0.2, -0.15) is 0 Å². The Morgan fingerprint density at radius 2 is 1.65 bits per heavy atom. The molecule has 0 aliphatic carbocycles. The zero-order valence-corrected chi connectivity index (χ0v) is 14.7. The van der Waals surface area contributed by atoms with E-state index in [1.165, 1.54) is 6.21 Å². The minimum atomic E-state index is -0.195. The number of hydrogen-bond acceptors (Lipinski definition) is 3. The van der Waals surface area contributed by atoms with Crippen LogP contribution in [0.25, 0.3) is 11.3 Å². The molecule has 0 amide bonds. The molecule has 0 radical (unpaired) electrons. The minimum absolute atomic E-state index is 0.195. The van der Waals surface area contributed by atoms with Crippen LogP contribution in [0.4, 0.5) is 5.69 Å². The van der Waals surface area contributed by atoms with Gasteiger partial charge in [0.05, 0.1) is 11.3 Å². The van der Waals surface area contributed by atoms with Gasteiger partial charge in [-0.05, 0) is 36.4 Å². The normalized spacial score (nSPS) is 11.3. The maximum absolute atomic E-state index is 9.92. The van der Waals surface area contributed by atoms with E-state index in [9.17, 15) is 5.11 Å².